The fourth-order valence-corrected chi connectivity index (χ4v) is 3.15. The van der Waals surface area contributed by atoms with Crippen LogP contribution in [0.15, 0.2) is 47.3 Å². The van der Waals surface area contributed by atoms with E-state index in [1.54, 1.807) is 24.8 Å². The molecule has 1 aromatic carbocycles. The quantitative estimate of drug-likeness (QED) is 0.713. The average molecular weight is 343 g/mol. The third-order valence-electron chi connectivity index (χ3n) is 2.93. The Kier molecular flexibility index (Phi) is 4.80. The molecule has 3 rings (SSSR count). The van der Waals surface area contributed by atoms with E-state index in [-0.39, 0.29) is 5.91 Å². The molecule has 0 fully saturated rings. The molecular weight excluding hydrogens is 330 g/mol. The van der Waals surface area contributed by atoms with E-state index in [0.717, 1.165) is 22.0 Å². The van der Waals surface area contributed by atoms with Crippen molar-refractivity contribution in [1.29, 1.82) is 0 Å². The van der Waals surface area contributed by atoms with E-state index in [1.807, 2.05) is 29.6 Å². The first-order valence-electron chi connectivity index (χ1n) is 6.73. The van der Waals surface area contributed by atoms with E-state index < -0.39 is 0 Å². The van der Waals surface area contributed by atoms with Crippen LogP contribution in [0.25, 0.3) is 16.6 Å². The zero-order chi connectivity index (χ0) is 16.1. The minimum atomic E-state index is -0.223. The Bertz CT molecular complexity index is 808. The van der Waals surface area contributed by atoms with Crippen LogP contribution in [0.1, 0.15) is 5.69 Å². The van der Waals surface area contributed by atoms with Gasteiger partial charge in [-0.3, -0.25) is 10.1 Å². The van der Waals surface area contributed by atoms with Gasteiger partial charge in [0.15, 0.2) is 5.13 Å². The molecule has 0 bridgehead atoms. The summed E-state index contributed by atoms with van der Waals surface area (Å²) in [5.41, 5.74) is 1.76. The Hall–Kier alpha value is -2.51. The summed E-state index contributed by atoms with van der Waals surface area (Å²) in [5, 5.41) is 7.88. The Morgan fingerprint density at radius 3 is 2.78 bits per heavy atom. The zero-order valence-corrected chi connectivity index (χ0v) is 13.9. The van der Waals surface area contributed by atoms with Crippen LogP contribution in [0.3, 0.4) is 0 Å². The molecule has 0 saturated heterocycles. The molecule has 0 aliphatic carbocycles. The van der Waals surface area contributed by atoms with Gasteiger partial charge >= 0.3 is 0 Å². The standard InChI is InChI=1S/C16H13N3O2S2/c1-21-13-5-2-11(3-6-13)15-18-12(10-23-15)4-7-14(20)19-16-17-8-9-22-16/h2-10H,1H3,(H,17,19,20). The van der Waals surface area contributed by atoms with E-state index in [0.29, 0.717) is 5.13 Å². The van der Waals surface area contributed by atoms with Crippen LogP contribution in [0.4, 0.5) is 5.13 Å². The predicted octanol–water partition coefficient (Wildman–Crippen LogP) is 3.93. The van der Waals surface area contributed by atoms with E-state index in [2.05, 4.69) is 15.3 Å². The summed E-state index contributed by atoms with van der Waals surface area (Å²) in [6.45, 7) is 0. The van der Waals surface area contributed by atoms with Gasteiger partial charge in [-0.1, -0.05) is 0 Å². The molecule has 0 saturated carbocycles. The van der Waals surface area contributed by atoms with Crippen LogP contribution >= 0.6 is 22.7 Å². The van der Waals surface area contributed by atoms with Gasteiger partial charge in [0.25, 0.3) is 0 Å². The molecule has 0 spiro atoms. The number of aromatic nitrogens is 2. The van der Waals surface area contributed by atoms with Gasteiger partial charge in [0.1, 0.15) is 10.8 Å². The van der Waals surface area contributed by atoms with E-state index >= 15 is 0 Å². The van der Waals surface area contributed by atoms with Gasteiger partial charge in [0.05, 0.1) is 12.8 Å². The van der Waals surface area contributed by atoms with Crippen molar-refractivity contribution < 1.29 is 9.53 Å². The molecule has 0 aliphatic rings. The molecule has 1 N–H and O–H groups in total. The molecule has 0 aliphatic heterocycles. The van der Waals surface area contributed by atoms with Gasteiger partial charge in [0.2, 0.25) is 5.91 Å². The van der Waals surface area contributed by atoms with Gasteiger partial charge in [-0.15, -0.1) is 22.7 Å². The normalized spacial score (nSPS) is 10.8. The minimum Gasteiger partial charge on any atom is -0.497 e. The second-order valence-electron chi connectivity index (χ2n) is 4.47. The molecule has 0 unspecified atom stereocenters. The summed E-state index contributed by atoms with van der Waals surface area (Å²) in [7, 11) is 1.64. The second kappa shape index (κ2) is 7.17. The molecule has 0 atom stereocenters. The van der Waals surface area contributed by atoms with Gasteiger partial charge < -0.3 is 4.74 Å². The third-order valence-corrected chi connectivity index (χ3v) is 4.52. The Morgan fingerprint density at radius 2 is 2.09 bits per heavy atom. The minimum absolute atomic E-state index is 0.223. The number of carbonyl (C=O) groups is 1. The van der Waals surface area contributed by atoms with Crippen molar-refractivity contribution in [2.75, 3.05) is 12.4 Å². The molecule has 23 heavy (non-hydrogen) atoms. The number of anilines is 1. The lowest BCUT2D eigenvalue weighted by Gasteiger charge is -1.99. The number of thiazole rings is 2. The number of carbonyl (C=O) groups excluding carboxylic acids is 1. The summed E-state index contributed by atoms with van der Waals surface area (Å²) in [4.78, 5) is 20.3. The number of hydrogen-bond donors (Lipinski definition) is 1. The monoisotopic (exact) mass is 343 g/mol. The van der Waals surface area contributed by atoms with Crippen molar-refractivity contribution in [3.63, 3.8) is 0 Å². The lowest BCUT2D eigenvalue weighted by Crippen LogP contribution is -2.07. The Labute approximate surface area is 141 Å². The molecule has 0 radical (unpaired) electrons. The van der Waals surface area contributed by atoms with E-state index in [9.17, 15) is 4.79 Å². The molecule has 1 amide bonds. The number of hydrogen-bond acceptors (Lipinski definition) is 6. The zero-order valence-electron chi connectivity index (χ0n) is 12.2. The Morgan fingerprint density at radius 1 is 1.26 bits per heavy atom. The number of nitrogens with zero attached hydrogens (tertiary/aromatic N) is 2. The average Bonchev–Trinajstić information content (AvgIpc) is 3.25. The molecule has 7 heteroatoms. The topological polar surface area (TPSA) is 64.1 Å². The highest BCUT2D eigenvalue weighted by molar-refractivity contribution is 7.13. The number of benzene rings is 1. The van der Waals surface area contributed by atoms with E-state index in [1.165, 1.54) is 28.7 Å². The van der Waals surface area contributed by atoms with Gasteiger partial charge in [0, 0.05) is 28.6 Å². The number of methoxy groups -OCH3 is 1. The molecule has 2 heterocycles. The largest absolute Gasteiger partial charge is 0.497 e. The number of amides is 1. The summed E-state index contributed by atoms with van der Waals surface area (Å²) in [6, 6.07) is 7.71. The number of nitrogens with one attached hydrogen (secondary N) is 1. The first-order chi connectivity index (χ1) is 11.2. The number of ether oxygens (including phenoxy) is 1. The highest BCUT2D eigenvalue weighted by Crippen LogP contribution is 2.26. The van der Waals surface area contributed by atoms with Crippen molar-refractivity contribution in [1.82, 2.24) is 9.97 Å². The fraction of sp³-hybridized carbons (Fsp3) is 0.0625. The summed E-state index contributed by atoms with van der Waals surface area (Å²) < 4.78 is 5.14. The third kappa shape index (κ3) is 4.02. The molecule has 3 aromatic rings. The second-order valence-corrected chi connectivity index (χ2v) is 6.22. The van der Waals surface area contributed by atoms with Crippen molar-refractivity contribution >= 4 is 39.8 Å². The number of rotatable bonds is 5. The summed E-state index contributed by atoms with van der Waals surface area (Å²) in [6.07, 6.45) is 4.78. The smallest absolute Gasteiger partial charge is 0.250 e. The van der Waals surface area contributed by atoms with Gasteiger partial charge in [-0.05, 0) is 30.3 Å². The molecule has 2 aromatic heterocycles. The van der Waals surface area contributed by atoms with Crippen LogP contribution in [0.2, 0.25) is 0 Å². The molecule has 116 valence electrons. The maximum atomic E-state index is 11.8. The maximum Gasteiger partial charge on any atom is 0.250 e. The highest BCUT2D eigenvalue weighted by atomic mass is 32.1. The first kappa shape index (κ1) is 15.4. The van der Waals surface area contributed by atoms with E-state index in [4.69, 9.17) is 4.74 Å². The summed E-state index contributed by atoms with van der Waals surface area (Å²) in [5.74, 6) is 0.586. The van der Waals surface area contributed by atoms with Crippen LogP contribution in [-0.2, 0) is 4.79 Å². The van der Waals surface area contributed by atoms with Crippen LogP contribution in [0, 0.1) is 0 Å². The lowest BCUT2D eigenvalue weighted by molar-refractivity contribution is -0.111. The van der Waals surface area contributed by atoms with Crippen LogP contribution in [-0.4, -0.2) is 23.0 Å². The summed E-state index contributed by atoms with van der Waals surface area (Å²) >= 11 is 2.90. The first-order valence-corrected chi connectivity index (χ1v) is 8.49. The molecule has 5 nitrogen and oxygen atoms in total. The predicted molar refractivity (Wildman–Crippen MR) is 93.9 cm³/mol. The van der Waals surface area contributed by atoms with Crippen LogP contribution in [0.5, 0.6) is 5.75 Å². The van der Waals surface area contributed by atoms with Crippen LogP contribution < -0.4 is 10.1 Å². The fourth-order valence-electron chi connectivity index (χ4n) is 1.82. The molecular formula is C16H13N3O2S2. The van der Waals surface area contributed by atoms with Crippen molar-refractivity contribution in [2.24, 2.45) is 0 Å². The lowest BCUT2D eigenvalue weighted by atomic mass is 10.2. The highest BCUT2D eigenvalue weighted by Gasteiger charge is 2.04. The van der Waals surface area contributed by atoms with Crippen molar-refractivity contribution in [3.8, 4) is 16.3 Å². The van der Waals surface area contributed by atoms with Crippen molar-refractivity contribution in [2.45, 2.75) is 0 Å². The maximum absolute atomic E-state index is 11.8. The van der Waals surface area contributed by atoms with Gasteiger partial charge in [-0.25, -0.2) is 9.97 Å². The SMILES string of the molecule is COc1ccc(-c2nc(C=CC(=O)Nc3nccs3)cs2)cc1. The Balaban J connectivity index is 1.66. The van der Waals surface area contributed by atoms with Gasteiger partial charge in [-0.2, -0.15) is 0 Å². The van der Waals surface area contributed by atoms with Crippen molar-refractivity contribution in [3.05, 3.63) is 53.0 Å².